The Balaban J connectivity index is 2.51. The van der Waals surface area contributed by atoms with Crippen LogP contribution in [0.3, 0.4) is 0 Å². The van der Waals surface area contributed by atoms with Crippen LogP contribution in [0.5, 0.6) is 5.75 Å². The Morgan fingerprint density at radius 2 is 2.05 bits per heavy atom. The maximum absolute atomic E-state index is 11.6. The van der Waals surface area contributed by atoms with Gasteiger partial charge < -0.3 is 15.4 Å². The average Bonchev–Trinajstić information content (AvgIpc) is 2.41. The molecule has 2 rings (SSSR count). The molecule has 0 saturated heterocycles. The zero-order valence-electron chi connectivity index (χ0n) is 11.6. The van der Waals surface area contributed by atoms with Gasteiger partial charge in [0, 0.05) is 11.3 Å². The molecule has 2 N–H and O–H groups in total. The number of benzene rings is 1. The largest absolute Gasteiger partial charge is 0.481 e. The Morgan fingerprint density at radius 1 is 1.35 bits per heavy atom. The lowest BCUT2D eigenvalue weighted by atomic mass is 9.99. The zero-order valence-corrected chi connectivity index (χ0v) is 11.6. The van der Waals surface area contributed by atoms with E-state index in [1.54, 1.807) is 13.0 Å². The van der Waals surface area contributed by atoms with Gasteiger partial charge in [-0.25, -0.2) is 0 Å². The van der Waals surface area contributed by atoms with Crippen molar-refractivity contribution in [3.63, 3.8) is 0 Å². The molecule has 0 aromatic heterocycles. The molecule has 0 unspecified atom stereocenters. The van der Waals surface area contributed by atoms with Crippen molar-refractivity contribution in [1.82, 2.24) is 0 Å². The van der Waals surface area contributed by atoms with E-state index in [4.69, 9.17) is 10.00 Å². The fourth-order valence-corrected chi connectivity index (χ4v) is 2.21. The second-order valence-corrected chi connectivity index (χ2v) is 4.67. The van der Waals surface area contributed by atoms with Gasteiger partial charge in [0.25, 0.3) is 5.91 Å². The van der Waals surface area contributed by atoms with E-state index in [0.29, 0.717) is 17.1 Å². The van der Waals surface area contributed by atoms with Crippen molar-refractivity contribution < 1.29 is 14.3 Å². The second kappa shape index (κ2) is 5.21. The molecule has 0 saturated carbocycles. The first-order chi connectivity index (χ1) is 9.45. The number of nitrogens with one attached hydrogen (secondary N) is 2. The first-order valence-corrected chi connectivity index (χ1v) is 6.19. The molecular weight excluding hydrogens is 258 g/mol. The van der Waals surface area contributed by atoms with E-state index in [1.807, 2.05) is 13.8 Å². The van der Waals surface area contributed by atoms with Crippen molar-refractivity contribution in [2.45, 2.75) is 27.2 Å². The summed E-state index contributed by atoms with van der Waals surface area (Å²) in [6.45, 7) is 5.52. The van der Waals surface area contributed by atoms with Gasteiger partial charge in [-0.2, -0.15) is 5.26 Å². The highest BCUT2D eigenvalue weighted by molar-refractivity contribution is 6.01. The van der Waals surface area contributed by atoms with Crippen LogP contribution in [-0.4, -0.2) is 18.4 Å². The van der Waals surface area contributed by atoms with E-state index in [0.717, 1.165) is 16.7 Å². The highest BCUT2D eigenvalue weighted by atomic mass is 16.5. The van der Waals surface area contributed by atoms with Gasteiger partial charge >= 0.3 is 0 Å². The topological polar surface area (TPSA) is 91.2 Å². The van der Waals surface area contributed by atoms with Crippen LogP contribution >= 0.6 is 0 Å². The molecule has 0 fully saturated rings. The van der Waals surface area contributed by atoms with Crippen molar-refractivity contribution in [3.8, 4) is 11.8 Å². The third kappa shape index (κ3) is 2.30. The van der Waals surface area contributed by atoms with E-state index in [1.165, 1.54) is 0 Å². The summed E-state index contributed by atoms with van der Waals surface area (Å²) in [5, 5.41) is 14.0. The molecule has 1 aliphatic heterocycles. The lowest BCUT2D eigenvalue weighted by molar-refractivity contribution is -0.118. The number of anilines is 2. The Bertz CT molecular complexity index is 644. The first-order valence-electron chi connectivity index (χ1n) is 6.19. The third-order valence-electron chi connectivity index (χ3n) is 3.37. The highest BCUT2D eigenvalue weighted by Crippen LogP contribution is 2.41. The van der Waals surface area contributed by atoms with Gasteiger partial charge in [-0.3, -0.25) is 9.59 Å². The number of ether oxygens (including phenoxy) is 1. The smallest absolute Gasteiger partial charge is 0.262 e. The van der Waals surface area contributed by atoms with Gasteiger partial charge in [0.2, 0.25) is 5.91 Å². The lowest BCUT2D eigenvalue weighted by Gasteiger charge is -2.25. The van der Waals surface area contributed by atoms with E-state index >= 15 is 0 Å². The van der Waals surface area contributed by atoms with Gasteiger partial charge in [0.05, 0.1) is 11.8 Å². The molecule has 0 bridgehead atoms. The predicted molar refractivity (Wildman–Crippen MR) is 73.6 cm³/mol. The summed E-state index contributed by atoms with van der Waals surface area (Å²) in [5.41, 5.74) is 3.65. The second-order valence-electron chi connectivity index (χ2n) is 4.67. The number of amides is 2. The number of nitrogens with zero attached hydrogens (tertiary/aromatic N) is 1. The van der Waals surface area contributed by atoms with Crippen LogP contribution in [-0.2, 0) is 9.59 Å². The van der Waals surface area contributed by atoms with E-state index in [2.05, 4.69) is 10.6 Å². The molecule has 2 amide bonds. The SMILES string of the molecule is Cc1c(C)c2c(c(C)c1NC(=O)CC#N)NC(=O)CO2. The summed E-state index contributed by atoms with van der Waals surface area (Å²) < 4.78 is 5.46. The van der Waals surface area contributed by atoms with Gasteiger partial charge in [-0.05, 0) is 31.9 Å². The Morgan fingerprint density at radius 3 is 2.70 bits per heavy atom. The monoisotopic (exact) mass is 273 g/mol. The molecule has 20 heavy (non-hydrogen) atoms. The number of hydrogen-bond donors (Lipinski definition) is 2. The fourth-order valence-electron chi connectivity index (χ4n) is 2.21. The number of fused-ring (bicyclic) bond motifs is 1. The van der Waals surface area contributed by atoms with Crippen molar-refractivity contribution in [2.24, 2.45) is 0 Å². The summed E-state index contributed by atoms with van der Waals surface area (Å²) in [7, 11) is 0. The minimum Gasteiger partial charge on any atom is -0.481 e. The zero-order chi connectivity index (χ0) is 14.9. The van der Waals surface area contributed by atoms with Crippen LogP contribution in [0, 0.1) is 32.1 Å². The maximum Gasteiger partial charge on any atom is 0.262 e. The molecule has 6 heteroatoms. The maximum atomic E-state index is 11.6. The van der Waals surface area contributed by atoms with Gasteiger partial charge in [-0.15, -0.1) is 0 Å². The number of carbonyl (C=O) groups excluding carboxylic acids is 2. The summed E-state index contributed by atoms with van der Waals surface area (Å²) in [6.07, 6.45) is -0.210. The van der Waals surface area contributed by atoms with Crippen molar-refractivity contribution in [1.29, 1.82) is 5.26 Å². The van der Waals surface area contributed by atoms with Crippen LogP contribution in [0.1, 0.15) is 23.1 Å². The molecule has 104 valence electrons. The molecule has 1 aliphatic rings. The van der Waals surface area contributed by atoms with Crippen molar-refractivity contribution >= 4 is 23.2 Å². The number of carbonyl (C=O) groups is 2. The minimum atomic E-state index is -0.374. The molecule has 6 nitrogen and oxygen atoms in total. The Hall–Kier alpha value is -2.55. The summed E-state index contributed by atoms with van der Waals surface area (Å²) in [5.74, 6) is 0.0390. The lowest BCUT2D eigenvalue weighted by Crippen LogP contribution is -2.27. The molecule has 0 aliphatic carbocycles. The fraction of sp³-hybridized carbons (Fsp3) is 0.357. The molecule has 0 spiro atoms. The van der Waals surface area contributed by atoms with E-state index in [-0.39, 0.29) is 24.8 Å². The van der Waals surface area contributed by atoms with Crippen LogP contribution in [0.15, 0.2) is 0 Å². The minimum absolute atomic E-state index is 0.00709. The Labute approximate surface area is 116 Å². The average molecular weight is 273 g/mol. The number of hydrogen-bond acceptors (Lipinski definition) is 4. The number of nitriles is 1. The van der Waals surface area contributed by atoms with Crippen molar-refractivity contribution in [3.05, 3.63) is 16.7 Å². The first kappa shape index (κ1) is 13.9. The molecule has 1 aromatic carbocycles. The normalized spacial score (nSPS) is 12.8. The van der Waals surface area contributed by atoms with Crippen LogP contribution in [0.2, 0.25) is 0 Å². The van der Waals surface area contributed by atoms with Crippen LogP contribution in [0.4, 0.5) is 11.4 Å². The van der Waals surface area contributed by atoms with Crippen molar-refractivity contribution in [2.75, 3.05) is 17.2 Å². The third-order valence-corrected chi connectivity index (χ3v) is 3.37. The van der Waals surface area contributed by atoms with E-state index < -0.39 is 0 Å². The van der Waals surface area contributed by atoms with Crippen LogP contribution in [0.25, 0.3) is 0 Å². The highest BCUT2D eigenvalue weighted by Gasteiger charge is 2.24. The quantitative estimate of drug-likeness (QED) is 0.859. The summed E-state index contributed by atoms with van der Waals surface area (Å²) >= 11 is 0. The van der Waals surface area contributed by atoms with Gasteiger partial charge in [-0.1, -0.05) is 0 Å². The molecule has 0 atom stereocenters. The molecule has 0 radical (unpaired) electrons. The standard InChI is InChI=1S/C14H15N3O3/c1-7-8(2)14-13(17-11(19)6-20-14)9(3)12(7)16-10(18)4-5-15/h4,6H2,1-3H3,(H,16,18)(H,17,19). The molecular formula is C14H15N3O3. The summed E-state index contributed by atoms with van der Waals surface area (Å²) in [6, 6.07) is 1.80. The summed E-state index contributed by atoms with van der Waals surface area (Å²) in [4.78, 5) is 23.1. The predicted octanol–water partition coefficient (Wildman–Crippen LogP) is 1.79. The van der Waals surface area contributed by atoms with E-state index in [9.17, 15) is 9.59 Å². The molecule has 1 aromatic rings. The van der Waals surface area contributed by atoms with Crippen LogP contribution < -0.4 is 15.4 Å². The number of rotatable bonds is 2. The van der Waals surface area contributed by atoms with Gasteiger partial charge in [0.1, 0.15) is 12.2 Å². The Kier molecular flexibility index (Phi) is 3.61. The molecule has 1 heterocycles. The van der Waals surface area contributed by atoms with Gasteiger partial charge in [0.15, 0.2) is 6.61 Å².